The van der Waals surface area contributed by atoms with Crippen LogP contribution in [0, 0.1) is 0 Å². The summed E-state index contributed by atoms with van der Waals surface area (Å²) >= 11 is 0. The number of Topliss-reactive ketones (excluding diaryl/α,β-unsaturated/α-hetero) is 1. The van der Waals surface area contributed by atoms with Gasteiger partial charge < -0.3 is 8.84 Å². The van der Waals surface area contributed by atoms with Gasteiger partial charge in [-0.3, -0.25) is 4.79 Å². The Balaban J connectivity index is 2.29. The first kappa shape index (κ1) is 15.2. The van der Waals surface area contributed by atoms with Crippen LogP contribution in [0.1, 0.15) is 44.2 Å². The lowest BCUT2D eigenvalue weighted by Gasteiger charge is -2.36. The van der Waals surface area contributed by atoms with Gasteiger partial charge in [-0.25, -0.2) is 0 Å². The number of ketones is 1. The molecule has 1 aromatic heterocycles. The Bertz CT molecular complexity index is 374. The smallest absolute Gasteiger partial charge is 0.198 e. The fourth-order valence-electron chi connectivity index (χ4n) is 1.34. The van der Waals surface area contributed by atoms with Crippen LogP contribution in [-0.2, 0) is 4.43 Å². The molecule has 18 heavy (non-hydrogen) atoms. The third-order valence-corrected chi connectivity index (χ3v) is 8.15. The lowest BCUT2D eigenvalue weighted by molar-refractivity contribution is 0.0945. The van der Waals surface area contributed by atoms with Crippen molar-refractivity contribution in [1.29, 1.82) is 0 Å². The van der Waals surface area contributed by atoms with E-state index in [1.165, 1.54) is 6.26 Å². The van der Waals surface area contributed by atoms with Gasteiger partial charge in [0.15, 0.2) is 19.9 Å². The molecule has 102 valence electrons. The van der Waals surface area contributed by atoms with E-state index >= 15 is 0 Å². The summed E-state index contributed by atoms with van der Waals surface area (Å²) in [4.78, 5) is 11.7. The maximum Gasteiger partial charge on any atom is 0.198 e. The van der Waals surface area contributed by atoms with Crippen LogP contribution in [0.3, 0.4) is 0 Å². The Hall–Kier alpha value is -0.873. The van der Waals surface area contributed by atoms with Crippen molar-refractivity contribution in [2.45, 2.75) is 51.7 Å². The minimum Gasteiger partial charge on any atom is -0.461 e. The van der Waals surface area contributed by atoms with Crippen molar-refractivity contribution in [2.75, 3.05) is 6.61 Å². The van der Waals surface area contributed by atoms with Gasteiger partial charge in [0.05, 0.1) is 6.26 Å². The van der Waals surface area contributed by atoms with Crippen LogP contribution in [0.4, 0.5) is 0 Å². The van der Waals surface area contributed by atoms with Crippen LogP contribution in [0.15, 0.2) is 22.8 Å². The lowest BCUT2D eigenvalue weighted by atomic mass is 10.2. The van der Waals surface area contributed by atoms with E-state index in [9.17, 15) is 4.79 Å². The van der Waals surface area contributed by atoms with Crippen molar-refractivity contribution in [1.82, 2.24) is 0 Å². The number of carbonyl (C=O) groups is 1. The van der Waals surface area contributed by atoms with Crippen LogP contribution >= 0.6 is 0 Å². The summed E-state index contributed by atoms with van der Waals surface area (Å²) in [7, 11) is -1.68. The van der Waals surface area contributed by atoms with Gasteiger partial charge >= 0.3 is 0 Å². The highest BCUT2D eigenvalue weighted by molar-refractivity contribution is 6.74. The summed E-state index contributed by atoms with van der Waals surface area (Å²) in [6, 6.07) is 3.44. The highest BCUT2D eigenvalue weighted by Gasteiger charge is 2.36. The van der Waals surface area contributed by atoms with Crippen molar-refractivity contribution < 1.29 is 13.6 Å². The van der Waals surface area contributed by atoms with Gasteiger partial charge in [-0.2, -0.15) is 0 Å². The predicted octanol–water partition coefficient (Wildman–Crippen LogP) is 4.26. The largest absolute Gasteiger partial charge is 0.461 e. The molecule has 0 saturated heterocycles. The molecule has 0 N–H and O–H groups in total. The Morgan fingerprint density at radius 1 is 1.39 bits per heavy atom. The van der Waals surface area contributed by atoms with Gasteiger partial charge in [0, 0.05) is 13.0 Å². The fraction of sp³-hybridized carbons (Fsp3) is 0.643. The first-order valence-electron chi connectivity index (χ1n) is 6.45. The molecule has 0 unspecified atom stereocenters. The zero-order valence-electron chi connectivity index (χ0n) is 12.1. The zero-order valence-corrected chi connectivity index (χ0v) is 13.1. The monoisotopic (exact) mass is 268 g/mol. The van der Waals surface area contributed by atoms with Gasteiger partial charge in [0.1, 0.15) is 0 Å². The van der Waals surface area contributed by atoms with Crippen molar-refractivity contribution in [3.63, 3.8) is 0 Å². The third-order valence-electron chi connectivity index (χ3n) is 3.61. The van der Waals surface area contributed by atoms with E-state index in [1.54, 1.807) is 12.1 Å². The quantitative estimate of drug-likeness (QED) is 0.439. The average Bonchev–Trinajstić information content (AvgIpc) is 2.75. The van der Waals surface area contributed by atoms with E-state index in [0.29, 0.717) is 18.8 Å². The topological polar surface area (TPSA) is 39.4 Å². The molecule has 0 aliphatic carbocycles. The predicted molar refractivity (Wildman–Crippen MR) is 75.4 cm³/mol. The van der Waals surface area contributed by atoms with Crippen LogP contribution in [0.5, 0.6) is 0 Å². The second-order valence-corrected chi connectivity index (χ2v) is 10.9. The van der Waals surface area contributed by atoms with Crippen LogP contribution in [-0.4, -0.2) is 20.7 Å². The zero-order chi connectivity index (χ0) is 13.8. The maximum absolute atomic E-state index is 11.7. The summed E-state index contributed by atoms with van der Waals surface area (Å²) in [5.41, 5.74) is 0. The molecule has 0 bridgehead atoms. The van der Waals surface area contributed by atoms with Gasteiger partial charge in [-0.15, -0.1) is 0 Å². The first-order valence-corrected chi connectivity index (χ1v) is 9.35. The molecule has 0 aliphatic rings. The number of rotatable bonds is 6. The lowest BCUT2D eigenvalue weighted by Crippen LogP contribution is -2.41. The van der Waals surface area contributed by atoms with Crippen molar-refractivity contribution in [2.24, 2.45) is 0 Å². The Labute approximate surface area is 111 Å². The summed E-state index contributed by atoms with van der Waals surface area (Å²) in [6.45, 7) is 11.7. The van der Waals surface area contributed by atoms with Gasteiger partial charge in [-0.1, -0.05) is 20.8 Å². The molecule has 3 nitrogen and oxygen atoms in total. The van der Waals surface area contributed by atoms with Crippen LogP contribution in [0.25, 0.3) is 0 Å². The van der Waals surface area contributed by atoms with Crippen LogP contribution in [0.2, 0.25) is 18.1 Å². The first-order chi connectivity index (χ1) is 8.24. The molecule has 0 aliphatic heterocycles. The van der Waals surface area contributed by atoms with E-state index in [1.807, 2.05) is 0 Å². The fourth-order valence-corrected chi connectivity index (χ4v) is 2.42. The van der Waals surface area contributed by atoms with Crippen LogP contribution < -0.4 is 0 Å². The van der Waals surface area contributed by atoms with Crippen molar-refractivity contribution in [3.8, 4) is 0 Å². The molecule has 0 fully saturated rings. The maximum atomic E-state index is 11.7. The number of hydrogen-bond acceptors (Lipinski definition) is 3. The Kier molecular flexibility index (Phi) is 4.93. The summed E-state index contributed by atoms with van der Waals surface area (Å²) in [5.74, 6) is 0.501. The molecule has 0 amide bonds. The standard InChI is InChI=1S/C14H24O3Si/c1-14(2,3)18(4,5)17-11-6-8-12(15)13-9-7-10-16-13/h7,9-10H,6,8,11H2,1-5H3. The number of hydrogen-bond donors (Lipinski definition) is 0. The molecule has 0 atom stereocenters. The van der Waals surface area contributed by atoms with E-state index in [0.717, 1.165) is 6.42 Å². The minimum atomic E-state index is -1.68. The van der Waals surface area contributed by atoms with Gasteiger partial charge in [-0.05, 0) is 36.7 Å². The molecule has 0 saturated carbocycles. The SMILES string of the molecule is CC(C)(C)[Si](C)(C)OCCCC(=O)c1ccco1. The van der Waals surface area contributed by atoms with E-state index in [4.69, 9.17) is 8.84 Å². The molecule has 1 rings (SSSR count). The highest BCUT2D eigenvalue weighted by Crippen LogP contribution is 2.36. The molecule has 4 heteroatoms. The second-order valence-electron chi connectivity index (χ2n) is 6.11. The molecule has 0 spiro atoms. The highest BCUT2D eigenvalue weighted by atomic mass is 28.4. The van der Waals surface area contributed by atoms with Gasteiger partial charge in [0.25, 0.3) is 0 Å². The minimum absolute atomic E-state index is 0.0545. The summed E-state index contributed by atoms with van der Waals surface area (Å²) in [5, 5.41) is 0.220. The van der Waals surface area contributed by atoms with E-state index < -0.39 is 8.32 Å². The Morgan fingerprint density at radius 2 is 2.06 bits per heavy atom. The number of carbonyl (C=O) groups excluding carboxylic acids is 1. The van der Waals surface area contributed by atoms with E-state index in [2.05, 4.69) is 33.9 Å². The molecule has 1 heterocycles. The normalized spacial score (nSPS) is 12.7. The second kappa shape index (κ2) is 5.84. The molecular formula is C14H24O3Si. The molecule has 0 radical (unpaired) electrons. The van der Waals surface area contributed by atoms with Gasteiger partial charge in [0.2, 0.25) is 0 Å². The van der Waals surface area contributed by atoms with Crippen molar-refractivity contribution >= 4 is 14.1 Å². The number of furan rings is 1. The summed E-state index contributed by atoms with van der Waals surface area (Å²) < 4.78 is 11.1. The average molecular weight is 268 g/mol. The Morgan fingerprint density at radius 3 is 2.56 bits per heavy atom. The van der Waals surface area contributed by atoms with Crippen molar-refractivity contribution in [3.05, 3.63) is 24.2 Å². The third kappa shape index (κ3) is 4.10. The molecule has 1 aromatic rings. The summed E-state index contributed by atoms with van der Waals surface area (Å²) in [6.07, 6.45) is 2.77. The molecule has 0 aromatic carbocycles. The van der Waals surface area contributed by atoms with E-state index in [-0.39, 0.29) is 10.8 Å². The molecular weight excluding hydrogens is 244 g/mol.